The van der Waals surface area contributed by atoms with Crippen molar-refractivity contribution < 1.29 is 8.42 Å². The molecular formula is C11H15NO2S. The van der Waals surface area contributed by atoms with Crippen molar-refractivity contribution in [1.82, 2.24) is 0 Å². The van der Waals surface area contributed by atoms with Crippen LogP contribution < -0.4 is 5.14 Å². The van der Waals surface area contributed by atoms with Crippen molar-refractivity contribution >= 4 is 10.0 Å². The van der Waals surface area contributed by atoms with Gasteiger partial charge in [0.2, 0.25) is 10.0 Å². The summed E-state index contributed by atoms with van der Waals surface area (Å²) in [5.41, 5.74) is 2.03. The molecule has 0 amide bonds. The highest BCUT2D eigenvalue weighted by atomic mass is 32.2. The third-order valence-electron chi connectivity index (χ3n) is 2.96. The Morgan fingerprint density at radius 2 is 1.93 bits per heavy atom. The first kappa shape index (κ1) is 10.6. The van der Waals surface area contributed by atoms with Crippen LogP contribution in [0.5, 0.6) is 0 Å². The Morgan fingerprint density at radius 1 is 1.20 bits per heavy atom. The first-order valence-electron chi connectivity index (χ1n) is 5.18. The van der Waals surface area contributed by atoms with Gasteiger partial charge in [0.25, 0.3) is 0 Å². The van der Waals surface area contributed by atoms with Gasteiger partial charge in [-0.25, -0.2) is 13.6 Å². The summed E-state index contributed by atoms with van der Waals surface area (Å²) < 4.78 is 23.0. The first-order valence-corrected chi connectivity index (χ1v) is 6.79. The summed E-state index contributed by atoms with van der Waals surface area (Å²) in [6.45, 7) is 0. The van der Waals surface area contributed by atoms with E-state index >= 15 is 0 Å². The van der Waals surface area contributed by atoms with Crippen LogP contribution >= 0.6 is 0 Å². The molecule has 1 aliphatic carbocycles. The van der Waals surface area contributed by atoms with Gasteiger partial charge in [0.1, 0.15) is 5.25 Å². The minimum Gasteiger partial charge on any atom is -0.228 e. The van der Waals surface area contributed by atoms with Crippen LogP contribution in [-0.4, -0.2) is 8.42 Å². The molecular weight excluding hydrogens is 210 g/mol. The van der Waals surface area contributed by atoms with Gasteiger partial charge in [-0.3, -0.25) is 0 Å². The number of hydrogen-bond donors (Lipinski definition) is 1. The van der Waals surface area contributed by atoms with E-state index in [0.29, 0.717) is 6.42 Å². The highest BCUT2D eigenvalue weighted by Gasteiger charge is 2.26. The number of sulfonamides is 1. The third-order valence-corrected chi connectivity index (χ3v) is 4.24. The maximum atomic E-state index is 11.5. The molecule has 0 spiro atoms. The number of benzene rings is 1. The topological polar surface area (TPSA) is 60.2 Å². The second-order valence-corrected chi connectivity index (χ2v) is 5.77. The SMILES string of the molecule is NS(=O)(=O)C1CCCCc2ccccc21. The van der Waals surface area contributed by atoms with Crippen molar-refractivity contribution in [3.8, 4) is 0 Å². The van der Waals surface area contributed by atoms with Crippen LogP contribution in [0.2, 0.25) is 0 Å². The van der Waals surface area contributed by atoms with Crippen LogP contribution in [0, 0.1) is 0 Å². The summed E-state index contributed by atoms with van der Waals surface area (Å²) >= 11 is 0. The van der Waals surface area contributed by atoms with Gasteiger partial charge in [0.15, 0.2) is 0 Å². The molecule has 0 saturated carbocycles. The number of aryl methyl sites for hydroxylation is 1. The molecule has 82 valence electrons. The van der Waals surface area contributed by atoms with Gasteiger partial charge < -0.3 is 0 Å². The smallest absolute Gasteiger partial charge is 0.216 e. The molecule has 0 radical (unpaired) electrons. The Balaban J connectivity index is 2.51. The van der Waals surface area contributed by atoms with Gasteiger partial charge >= 0.3 is 0 Å². The monoisotopic (exact) mass is 225 g/mol. The Hall–Kier alpha value is -0.870. The fraction of sp³-hybridized carbons (Fsp3) is 0.455. The van der Waals surface area contributed by atoms with Crippen LogP contribution in [-0.2, 0) is 16.4 Å². The lowest BCUT2D eigenvalue weighted by Gasteiger charge is -2.14. The Bertz CT molecular complexity index is 453. The van der Waals surface area contributed by atoms with Crippen molar-refractivity contribution in [2.45, 2.75) is 30.9 Å². The molecule has 0 aromatic heterocycles. The quantitative estimate of drug-likeness (QED) is 0.740. The highest BCUT2D eigenvalue weighted by Crippen LogP contribution is 2.32. The second-order valence-electron chi connectivity index (χ2n) is 4.02. The van der Waals surface area contributed by atoms with Crippen molar-refractivity contribution in [3.05, 3.63) is 35.4 Å². The van der Waals surface area contributed by atoms with Crippen LogP contribution in [0.3, 0.4) is 0 Å². The van der Waals surface area contributed by atoms with E-state index in [1.807, 2.05) is 24.3 Å². The van der Waals surface area contributed by atoms with Gasteiger partial charge in [-0.2, -0.15) is 0 Å². The lowest BCUT2D eigenvalue weighted by atomic mass is 10.0. The van der Waals surface area contributed by atoms with E-state index in [1.165, 1.54) is 0 Å². The molecule has 1 aromatic rings. The standard InChI is InChI=1S/C11H15NO2S/c12-15(13,14)11-8-4-2-6-9-5-1-3-7-10(9)11/h1,3,5,7,11H,2,4,6,8H2,(H2,12,13,14). The van der Waals surface area contributed by atoms with Gasteiger partial charge in [0.05, 0.1) is 0 Å². The molecule has 1 aromatic carbocycles. The molecule has 2 N–H and O–H groups in total. The van der Waals surface area contributed by atoms with Gasteiger partial charge in [-0.05, 0) is 30.4 Å². The second kappa shape index (κ2) is 3.94. The fourth-order valence-electron chi connectivity index (χ4n) is 2.22. The van der Waals surface area contributed by atoms with E-state index in [0.717, 1.165) is 30.4 Å². The molecule has 0 saturated heterocycles. The maximum absolute atomic E-state index is 11.5. The van der Waals surface area contributed by atoms with Crippen LogP contribution in [0.15, 0.2) is 24.3 Å². The lowest BCUT2D eigenvalue weighted by molar-refractivity contribution is 0.573. The zero-order valence-electron chi connectivity index (χ0n) is 8.52. The predicted molar refractivity (Wildman–Crippen MR) is 59.8 cm³/mol. The van der Waals surface area contributed by atoms with Gasteiger partial charge in [-0.1, -0.05) is 30.7 Å². The van der Waals surface area contributed by atoms with E-state index in [4.69, 9.17) is 5.14 Å². The van der Waals surface area contributed by atoms with Crippen molar-refractivity contribution in [2.24, 2.45) is 5.14 Å². The number of primary sulfonamides is 1. The average molecular weight is 225 g/mol. The zero-order valence-corrected chi connectivity index (χ0v) is 9.33. The summed E-state index contributed by atoms with van der Waals surface area (Å²) in [4.78, 5) is 0. The number of hydrogen-bond acceptors (Lipinski definition) is 2. The molecule has 3 nitrogen and oxygen atoms in total. The van der Waals surface area contributed by atoms with E-state index in [1.54, 1.807) is 0 Å². The Morgan fingerprint density at radius 3 is 2.67 bits per heavy atom. The maximum Gasteiger partial charge on any atom is 0.216 e. The molecule has 0 bridgehead atoms. The predicted octanol–water partition coefficient (Wildman–Crippen LogP) is 1.74. The molecule has 1 atom stereocenters. The Kier molecular flexibility index (Phi) is 2.80. The molecule has 0 heterocycles. The highest BCUT2D eigenvalue weighted by molar-refractivity contribution is 7.89. The first-order chi connectivity index (χ1) is 7.09. The molecule has 15 heavy (non-hydrogen) atoms. The van der Waals surface area contributed by atoms with Crippen LogP contribution in [0.25, 0.3) is 0 Å². The van der Waals surface area contributed by atoms with Crippen LogP contribution in [0.4, 0.5) is 0 Å². The van der Waals surface area contributed by atoms with Gasteiger partial charge in [0, 0.05) is 0 Å². The van der Waals surface area contributed by atoms with Gasteiger partial charge in [-0.15, -0.1) is 0 Å². The molecule has 0 fully saturated rings. The van der Waals surface area contributed by atoms with E-state index in [9.17, 15) is 8.42 Å². The summed E-state index contributed by atoms with van der Waals surface area (Å²) in [5, 5.41) is 4.76. The lowest BCUT2D eigenvalue weighted by Crippen LogP contribution is -2.21. The third kappa shape index (κ3) is 2.21. The summed E-state index contributed by atoms with van der Waals surface area (Å²) in [7, 11) is -3.46. The fourth-order valence-corrected chi connectivity index (χ4v) is 3.30. The van der Waals surface area contributed by atoms with Crippen molar-refractivity contribution in [3.63, 3.8) is 0 Å². The van der Waals surface area contributed by atoms with Crippen LogP contribution in [0.1, 0.15) is 35.6 Å². The van der Waals surface area contributed by atoms with E-state index < -0.39 is 15.3 Å². The van der Waals surface area contributed by atoms with Crippen molar-refractivity contribution in [1.29, 1.82) is 0 Å². The minimum absolute atomic E-state index is 0.504. The summed E-state index contributed by atoms with van der Waals surface area (Å²) in [6, 6.07) is 7.71. The van der Waals surface area contributed by atoms with E-state index in [-0.39, 0.29) is 0 Å². The normalized spacial score (nSPS) is 21.8. The number of nitrogens with two attached hydrogens (primary N) is 1. The molecule has 1 unspecified atom stereocenters. The van der Waals surface area contributed by atoms with Crippen molar-refractivity contribution in [2.75, 3.05) is 0 Å². The number of fused-ring (bicyclic) bond motifs is 1. The molecule has 0 aliphatic heterocycles. The summed E-state index contributed by atoms with van der Waals surface area (Å²) in [6.07, 6.45) is 3.58. The molecule has 2 rings (SSSR count). The zero-order chi connectivity index (χ0) is 10.9. The Labute approximate surface area is 90.4 Å². The van der Waals surface area contributed by atoms with E-state index in [2.05, 4.69) is 0 Å². The largest absolute Gasteiger partial charge is 0.228 e. The summed E-state index contributed by atoms with van der Waals surface area (Å²) in [5.74, 6) is 0. The molecule has 4 heteroatoms. The molecule has 1 aliphatic rings. The minimum atomic E-state index is -3.46. The number of rotatable bonds is 1. The average Bonchev–Trinajstić information content (AvgIpc) is 2.38.